The van der Waals surface area contributed by atoms with Gasteiger partial charge in [-0.15, -0.1) is 0 Å². The summed E-state index contributed by atoms with van der Waals surface area (Å²) < 4.78 is 5.38. The van der Waals surface area contributed by atoms with Crippen molar-refractivity contribution in [1.29, 1.82) is 0 Å². The van der Waals surface area contributed by atoms with Crippen molar-refractivity contribution in [3.05, 3.63) is 35.9 Å². The summed E-state index contributed by atoms with van der Waals surface area (Å²) >= 11 is 0. The van der Waals surface area contributed by atoms with Crippen LogP contribution in [-0.2, 0) is 16.1 Å². The Balaban J connectivity index is 1.73. The van der Waals surface area contributed by atoms with Crippen molar-refractivity contribution in [1.82, 2.24) is 4.90 Å². The minimum absolute atomic E-state index is 0.0445. The maximum absolute atomic E-state index is 11.2. The lowest BCUT2D eigenvalue weighted by molar-refractivity contribution is -0.178. The lowest BCUT2D eigenvalue weighted by atomic mass is 9.78. The summed E-state index contributed by atoms with van der Waals surface area (Å²) in [5.41, 5.74) is 1.24. The standard InChI is InChI=1S/C15H19NO3/c17-14(18)13-6-7-16(15(8-13)10-19-11-15)9-12-4-2-1-3-5-12/h1-5,13H,6-11H2,(H,17,18). The summed E-state index contributed by atoms with van der Waals surface area (Å²) in [6.45, 7) is 3.07. The Bertz CT molecular complexity index is 456. The van der Waals surface area contributed by atoms with E-state index in [2.05, 4.69) is 17.0 Å². The molecule has 1 spiro atoms. The Morgan fingerprint density at radius 2 is 2.11 bits per heavy atom. The molecule has 0 aromatic heterocycles. The Labute approximate surface area is 113 Å². The van der Waals surface area contributed by atoms with Crippen molar-refractivity contribution in [2.45, 2.75) is 24.9 Å². The zero-order valence-electron chi connectivity index (χ0n) is 10.9. The highest BCUT2D eigenvalue weighted by Gasteiger charge is 2.49. The molecule has 0 bridgehead atoms. The van der Waals surface area contributed by atoms with Gasteiger partial charge in [-0.2, -0.15) is 0 Å². The van der Waals surface area contributed by atoms with Crippen LogP contribution in [-0.4, -0.2) is 41.3 Å². The van der Waals surface area contributed by atoms with Crippen LogP contribution in [0, 0.1) is 5.92 Å². The molecule has 1 aromatic carbocycles. The van der Waals surface area contributed by atoms with Gasteiger partial charge in [-0.3, -0.25) is 9.69 Å². The molecular formula is C15H19NO3. The molecule has 0 radical (unpaired) electrons. The molecule has 4 heteroatoms. The zero-order chi connectivity index (χ0) is 13.3. The van der Waals surface area contributed by atoms with E-state index in [1.807, 2.05) is 18.2 Å². The molecule has 1 unspecified atom stereocenters. The quantitative estimate of drug-likeness (QED) is 0.900. The van der Waals surface area contributed by atoms with Gasteiger partial charge in [-0.25, -0.2) is 0 Å². The Hall–Kier alpha value is -1.39. The monoisotopic (exact) mass is 261 g/mol. The number of carboxylic acids is 1. The van der Waals surface area contributed by atoms with Crippen LogP contribution in [0.25, 0.3) is 0 Å². The number of likely N-dealkylation sites (tertiary alicyclic amines) is 1. The first-order valence-corrected chi connectivity index (χ1v) is 6.79. The number of piperidine rings is 1. The van der Waals surface area contributed by atoms with Gasteiger partial charge in [0.15, 0.2) is 0 Å². The first kappa shape index (κ1) is 12.6. The molecule has 2 fully saturated rings. The van der Waals surface area contributed by atoms with E-state index in [9.17, 15) is 9.90 Å². The summed E-state index contributed by atoms with van der Waals surface area (Å²) in [6.07, 6.45) is 1.46. The third-order valence-electron chi connectivity index (χ3n) is 4.35. The van der Waals surface area contributed by atoms with Gasteiger partial charge in [0.05, 0.1) is 24.7 Å². The third-order valence-corrected chi connectivity index (χ3v) is 4.35. The fourth-order valence-corrected chi connectivity index (χ4v) is 3.14. The summed E-state index contributed by atoms with van der Waals surface area (Å²) in [5, 5.41) is 9.21. The highest BCUT2D eigenvalue weighted by Crippen LogP contribution is 2.38. The van der Waals surface area contributed by atoms with Gasteiger partial charge in [0.2, 0.25) is 0 Å². The molecule has 102 valence electrons. The molecule has 4 nitrogen and oxygen atoms in total. The number of rotatable bonds is 3. The normalized spacial score (nSPS) is 26.0. The minimum Gasteiger partial charge on any atom is -0.481 e. The molecule has 2 aliphatic heterocycles. The van der Waals surface area contributed by atoms with Gasteiger partial charge in [0, 0.05) is 13.1 Å². The van der Waals surface area contributed by atoms with Gasteiger partial charge in [-0.05, 0) is 18.4 Å². The maximum Gasteiger partial charge on any atom is 0.306 e. The molecule has 19 heavy (non-hydrogen) atoms. The van der Waals surface area contributed by atoms with Crippen molar-refractivity contribution >= 4 is 5.97 Å². The summed E-state index contributed by atoms with van der Waals surface area (Å²) in [7, 11) is 0. The van der Waals surface area contributed by atoms with Crippen molar-refractivity contribution in [2.24, 2.45) is 5.92 Å². The Morgan fingerprint density at radius 3 is 2.68 bits per heavy atom. The van der Waals surface area contributed by atoms with E-state index in [-0.39, 0.29) is 11.5 Å². The van der Waals surface area contributed by atoms with Crippen molar-refractivity contribution < 1.29 is 14.6 Å². The molecule has 0 amide bonds. The summed E-state index contributed by atoms with van der Waals surface area (Å²) in [6, 6.07) is 10.3. The number of aliphatic carboxylic acids is 1. The van der Waals surface area contributed by atoms with Gasteiger partial charge in [-0.1, -0.05) is 30.3 Å². The number of carbonyl (C=O) groups is 1. The number of nitrogens with zero attached hydrogens (tertiary/aromatic N) is 1. The predicted octanol–water partition coefficient (Wildman–Crippen LogP) is 1.75. The second kappa shape index (κ2) is 4.94. The molecule has 1 atom stereocenters. The molecule has 0 saturated carbocycles. The molecule has 1 N–H and O–H groups in total. The van der Waals surface area contributed by atoms with Crippen molar-refractivity contribution in [3.63, 3.8) is 0 Å². The predicted molar refractivity (Wildman–Crippen MR) is 70.8 cm³/mol. The third kappa shape index (κ3) is 2.38. The van der Waals surface area contributed by atoms with Crippen LogP contribution >= 0.6 is 0 Å². The van der Waals surface area contributed by atoms with Gasteiger partial charge < -0.3 is 9.84 Å². The van der Waals surface area contributed by atoms with E-state index in [4.69, 9.17) is 4.74 Å². The number of hydrogen-bond donors (Lipinski definition) is 1. The van der Waals surface area contributed by atoms with E-state index >= 15 is 0 Å². The van der Waals surface area contributed by atoms with E-state index in [1.54, 1.807) is 0 Å². The Kier molecular flexibility index (Phi) is 3.29. The van der Waals surface area contributed by atoms with E-state index in [0.29, 0.717) is 13.2 Å². The highest BCUT2D eigenvalue weighted by atomic mass is 16.5. The molecular weight excluding hydrogens is 242 g/mol. The molecule has 2 aliphatic rings. The van der Waals surface area contributed by atoms with Crippen molar-refractivity contribution in [3.8, 4) is 0 Å². The summed E-state index contributed by atoms with van der Waals surface area (Å²) in [5.74, 6) is -0.874. The molecule has 2 saturated heterocycles. The number of ether oxygens (including phenoxy) is 1. The maximum atomic E-state index is 11.2. The second-order valence-electron chi connectivity index (χ2n) is 5.65. The van der Waals surface area contributed by atoms with E-state index in [1.165, 1.54) is 5.56 Å². The lowest BCUT2D eigenvalue weighted by Gasteiger charge is -2.53. The molecule has 3 rings (SSSR count). The fraction of sp³-hybridized carbons (Fsp3) is 0.533. The number of hydrogen-bond acceptors (Lipinski definition) is 3. The molecule has 2 heterocycles. The first-order valence-electron chi connectivity index (χ1n) is 6.79. The van der Waals surface area contributed by atoms with Gasteiger partial charge in [0.25, 0.3) is 0 Å². The SMILES string of the molecule is O=C(O)C1CCN(Cc2ccccc2)C2(COC2)C1. The van der Waals surface area contributed by atoms with Crippen molar-refractivity contribution in [2.75, 3.05) is 19.8 Å². The first-order chi connectivity index (χ1) is 9.20. The topological polar surface area (TPSA) is 49.8 Å². The summed E-state index contributed by atoms with van der Waals surface area (Å²) in [4.78, 5) is 13.6. The average Bonchev–Trinajstić information content (AvgIpc) is 2.38. The average molecular weight is 261 g/mol. The number of carboxylic acid groups (broad SMARTS) is 1. The highest BCUT2D eigenvalue weighted by molar-refractivity contribution is 5.70. The smallest absolute Gasteiger partial charge is 0.306 e. The molecule has 1 aromatic rings. The largest absolute Gasteiger partial charge is 0.481 e. The van der Waals surface area contributed by atoms with E-state index < -0.39 is 5.97 Å². The lowest BCUT2D eigenvalue weighted by Crippen LogP contribution is -2.65. The molecule has 0 aliphatic carbocycles. The fourth-order valence-electron chi connectivity index (χ4n) is 3.14. The Morgan fingerprint density at radius 1 is 1.37 bits per heavy atom. The van der Waals surface area contributed by atoms with Crippen LogP contribution in [0.5, 0.6) is 0 Å². The minimum atomic E-state index is -0.661. The second-order valence-corrected chi connectivity index (χ2v) is 5.65. The number of benzene rings is 1. The van der Waals surface area contributed by atoms with Gasteiger partial charge in [0.1, 0.15) is 0 Å². The van der Waals surface area contributed by atoms with Crippen LogP contribution in [0.2, 0.25) is 0 Å². The van der Waals surface area contributed by atoms with Crippen LogP contribution in [0.3, 0.4) is 0 Å². The van der Waals surface area contributed by atoms with E-state index in [0.717, 1.165) is 25.9 Å². The van der Waals surface area contributed by atoms with Crippen LogP contribution in [0.1, 0.15) is 18.4 Å². The van der Waals surface area contributed by atoms with Gasteiger partial charge >= 0.3 is 5.97 Å². The van der Waals surface area contributed by atoms with Crippen LogP contribution in [0.4, 0.5) is 0 Å². The van der Waals surface area contributed by atoms with Crippen LogP contribution < -0.4 is 0 Å². The zero-order valence-corrected chi connectivity index (χ0v) is 10.9. The van der Waals surface area contributed by atoms with Crippen LogP contribution in [0.15, 0.2) is 30.3 Å².